The van der Waals surface area contributed by atoms with Gasteiger partial charge < -0.3 is 10.0 Å². The molecule has 0 saturated heterocycles. The van der Waals surface area contributed by atoms with Gasteiger partial charge in [0.05, 0.1) is 37.0 Å². The van der Waals surface area contributed by atoms with Gasteiger partial charge in [-0.25, -0.2) is 4.79 Å². The van der Waals surface area contributed by atoms with Crippen molar-refractivity contribution < 1.29 is 35.1 Å². The first-order valence-corrected chi connectivity index (χ1v) is 13.4. The van der Waals surface area contributed by atoms with Crippen molar-refractivity contribution in [1.29, 1.82) is 0 Å². The largest absolute Gasteiger partial charge is 0.478 e. The summed E-state index contributed by atoms with van der Waals surface area (Å²) in [5.74, 6) is -1.01. The standard InChI is InChI=1S/C21H26N2O8S2/c1-16-14-20(23(10-12-30-32(2,26)27)11-13-31-33(3,28)29)9-6-18(16)15-22-19-7-4-17(5-8-19)21(24)25/h4-9,14-15H,10-13H2,1-3H3,(H,24,25). The Labute approximate surface area is 193 Å². The van der Waals surface area contributed by atoms with Crippen molar-refractivity contribution in [3.8, 4) is 0 Å². The number of hydrogen-bond acceptors (Lipinski definition) is 9. The fraction of sp³-hybridized carbons (Fsp3) is 0.333. The Morgan fingerprint density at radius 1 is 0.970 bits per heavy atom. The second-order valence-corrected chi connectivity index (χ2v) is 10.5. The molecule has 0 heterocycles. The van der Waals surface area contributed by atoms with Crippen LogP contribution in [0.15, 0.2) is 47.5 Å². The van der Waals surface area contributed by atoms with Gasteiger partial charge >= 0.3 is 5.97 Å². The molecule has 0 atom stereocenters. The maximum Gasteiger partial charge on any atom is 0.335 e. The first-order valence-electron chi connectivity index (χ1n) is 9.76. The van der Waals surface area contributed by atoms with E-state index in [4.69, 9.17) is 13.5 Å². The van der Waals surface area contributed by atoms with Crippen molar-refractivity contribution in [3.05, 3.63) is 59.2 Å². The van der Waals surface area contributed by atoms with Crippen LogP contribution >= 0.6 is 0 Å². The van der Waals surface area contributed by atoms with Crippen LogP contribution in [-0.4, -0.2) is 72.9 Å². The Bertz CT molecular complexity index is 1170. The van der Waals surface area contributed by atoms with Gasteiger partial charge in [-0.05, 0) is 54.4 Å². The molecular formula is C21H26N2O8S2. The van der Waals surface area contributed by atoms with Crippen LogP contribution in [0.2, 0.25) is 0 Å². The van der Waals surface area contributed by atoms with Crippen molar-refractivity contribution in [2.45, 2.75) is 6.92 Å². The molecule has 0 spiro atoms. The number of aromatic carboxylic acids is 1. The number of rotatable bonds is 12. The minimum absolute atomic E-state index is 0.105. The van der Waals surface area contributed by atoms with Crippen LogP contribution in [0.4, 0.5) is 11.4 Å². The van der Waals surface area contributed by atoms with Crippen LogP contribution in [-0.2, 0) is 28.6 Å². The summed E-state index contributed by atoms with van der Waals surface area (Å²) in [6.07, 6.45) is 3.56. The van der Waals surface area contributed by atoms with Gasteiger partial charge in [0.15, 0.2) is 0 Å². The molecule has 0 aliphatic carbocycles. The summed E-state index contributed by atoms with van der Waals surface area (Å²) in [7, 11) is -7.21. The van der Waals surface area contributed by atoms with E-state index in [1.165, 1.54) is 12.1 Å². The molecule has 12 heteroatoms. The third-order valence-electron chi connectivity index (χ3n) is 4.40. The molecule has 0 aliphatic heterocycles. The predicted molar refractivity (Wildman–Crippen MR) is 126 cm³/mol. The molecule has 0 fully saturated rings. The fourth-order valence-electron chi connectivity index (χ4n) is 2.80. The van der Waals surface area contributed by atoms with E-state index < -0.39 is 26.2 Å². The van der Waals surface area contributed by atoms with Crippen LogP contribution in [0.25, 0.3) is 0 Å². The Balaban J connectivity index is 2.16. The molecule has 2 aromatic rings. The summed E-state index contributed by atoms with van der Waals surface area (Å²) in [6, 6.07) is 11.6. The summed E-state index contributed by atoms with van der Waals surface area (Å²) in [4.78, 5) is 17.1. The van der Waals surface area contributed by atoms with E-state index in [1.807, 2.05) is 19.1 Å². The zero-order valence-electron chi connectivity index (χ0n) is 18.5. The van der Waals surface area contributed by atoms with E-state index in [1.54, 1.807) is 29.3 Å². The SMILES string of the molecule is Cc1cc(N(CCOS(C)(=O)=O)CCOS(C)(=O)=O)ccc1C=Nc1ccc(C(=O)O)cc1. The molecule has 2 rings (SSSR count). The number of aryl methyl sites for hydroxylation is 1. The Hall–Kier alpha value is -2.80. The predicted octanol–water partition coefficient (Wildman–Crippen LogP) is 2.20. The van der Waals surface area contributed by atoms with Gasteiger partial charge in [-0.1, -0.05) is 6.07 Å². The van der Waals surface area contributed by atoms with Crippen molar-refractivity contribution in [3.63, 3.8) is 0 Å². The molecule has 0 radical (unpaired) electrons. The smallest absolute Gasteiger partial charge is 0.335 e. The minimum Gasteiger partial charge on any atom is -0.478 e. The molecule has 0 saturated carbocycles. The van der Waals surface area contributed by atoms with Gasteiger partial charge in [0.25, 0.3) is 20.2 Å². The number of carbonyl (C=O) groups is 1. The van der Waals surface area contributed by atoms with E-state index in [0.29, 0.717) is 5.69 Å². The second-order valence-electron chi connectivity index (χ2n) is 7.19. The molecule has 0 aliphatic rings. The molecule has 0 unspecified atom stereocenters. The summed E-state index contributed by atoms with van der Waals surface area (Å²) < 4.78 is 54.6. The van der Waals surface area contributed by atoms with Gasteiger partial charge in [-0.3, -0.25) is 13.4 Å². The number of nitrogens with zero attached hydrogens (tertiary/aromatic N) is 2. The Morgan fingerprint density at radius 2 is 1.52 bits per heavy atom. The normalized spacial score (nSPS) is 12.2. The van der Waals surface area contributed by atoms with Crippen LogP contribution in [0.5, 0.6) is 0 Å². The average molecular weight is 499 g/mol. The lowest BCUT2D eigenvalue weighted by atomic mass is 10.1. The summed E-state index contributed by atoms with van der Waals surface area (Å²) in [5.41, 5.74) is 3.19. The van der Waals surface area contributed by atoms with Gasteiger partial charge in [-0.15, -0.1) is 0 Å². The average Bonchev–Trinajstić information content (AvgIpc) is 2.70. The second kappa shape index (κ2) is 11.4. The first-order chi connectivity index (χ1) is 15.3. The Morgan fingerprint density at radius 3 is 1.97 bits per heavy atom. The minimum atomic E-state index is -3.61. The van der Waals surface area contributed by atoms with Crippen LogP contribution in [0.3, 0.4) is 0 Å². The van der Waals surface area contributed by atoms with E-state index in [2.05, 4.69) is 4.99 Å². The third kappa shape index (κ3) is 9.70. The first kappa shape index (κ1) is 26.5. The molecule has 0 aromatic heterocycles. The zero-order valence-corrected chi connectivity index (χ0v) is 20.1. The summed E-state index contributed by atoms with van der Waals surface area (Å²) >= 11 is 0. The van der Waals surface area contributed by atoms with Crippen LogP contribution in [0.1, 0.15) is 21.5 Å². The van der Waals surface area contributed by atoms with Gasteiger partial charge in [0, 0.05) is 25.0 Å². The highest BCUT2D eigenvalue weighted by Crippen LogP contribution is 2.20. The number of anilines is 1. The highest BCUT2D eigenvalue weighted by molar-refractivity contribution is 7.86. The molecule has 10 nitrogen and oxygen atoms in total. The lowest BCUT2D eigenvalue weighted by molar-refractivity contribution is 0.0697. The number of carboxylic acid groups (broad SMARTS) is 1. The lowest BCUT2D eigenvalue weighted by Crippen LogP contribution is -2.32. The highest BCUT2D eigenvalue weighted by atomic mass is 32.2. The molecule has 180 valence electrons. The lowest BCUT2D eigenvalue weighted by Gasteiger charge is -2.25. The van der Waals surface area contributed by atoms with Crippen LogP contribution in [0, 0.1) is 6.92 Å². The monoisotopic (exact) mass is 498 g/mol. The third-order valence-corrected chi connectivity index (χ3v) is 5.59. The van der Waals surface area contributed by atoms with E-state index in [0.717, 1.165) is 29.3 Å². The maximum absolute atomic E-state index is 11.2. The van der Waals surface area contributed by atoms with E-state index in [-0.39, 0.29) is 31.9 Å². The van der Waals surface area contributed by atoms with Gasteiger partial charge in [0.2, 0.25) is 0 Å². The number of aliphatic imine (C=N–C) groups is 1. The summed E-state index contributed by atoms with van der Waals surface area (Å²) in [6.45, 7) is 2.06. The fourth-order valence-corrected chi connectivity index (χ4v) is 3.56. The molecule has 1 N–H and O–H groups in total. The van der Waals surface area contributed by atoms with E-state index >= 15 is 0 Å². The van der Waals surface area contributed by atoms with Crippen molar-refractivity contribution in [2.75, 3.05) is 43.7 Å². The quantitative estimate of drug-likeness (QED) is 0.344. The molecule has 0 amide bonds. The number of hydrogen-bond donors (Lipinski definition) is 1. The van der Waals surface area contributed by atoms with Crippen molar-refractivity contribution in [1.82, 2.24) is 0 Å². The van der Waals surface area contributed by atoms with Gasteiger partial charge in [0.1, 0.15) is 0 Å². The molecular weight excluding hydrogens is 472 g/mol. The zero-order chi connectivity index (χ0) is 24.6. The number of benzene rings is 2. The summed E-state index contributed by atoms with van der Waals surface area (Å²) in [5, 5.41) is 8.96. The molecule has 2 aromatic carbocycles. The van der Waals surface area contributed by atoms with Gasteiger partial charge in [-0.2, -0.15) is 16.8 Å². The topological polar surface area (TPSA) is 140 Å². The maximum atomic E-state index is 11.2. The van der Waals surface area contributed by atoms with E-state index in [9.17, 15) is 21.6 Å². The van der Waals surface area contributed by atoms with Crippen molar-refractivity contribution >= 4 is 43.8 Å². The Kier molecular flexibility index (Phi) is 9.11. The molecule has 33 heavy (non-hydrogen) atoms. The van der Waals surface area contributed by atoms with Crippen LogP contribution < -0.4 is 4.90 Å². The molecule has 0 bridgehead atoms. The highest BCUT2D eigenvalue weighted by Gasteiger charge is 2.12. The van der Waals surface area contributed by atoms with Crippen molar-refractivity contribution in [2.24, 2.45) is 4.99 Å². The number of carboxylic acids is 1.